The number of aliphatic hydroxyl groups is 13. The van der Waals surface area contributed by atoms with Gasteiger partial charge < -0.3 is 114 Å². The first-order valence-corrected chi connectivity index (χ1v) is 30.7. The van der Waals surface area contributed by atoms with Crippen molar-refractivity contribution in [1.82, 2.24) is 0 Å². The lowest BCUT2D eigenvalue weighted by Crippen LogP contribution is -2.70. The number of carbonyl (C=O) groups excluding carboxylic acids is 2. The summed E-state index contributed by atoms with van der Waals surface area (Å²) in [4.78, 5) is 43.5. The quantitative estimate of drug-likeness (QED) is 0.0473. The normalized spacial score (nSPS) is 49.2. The highest BCUT2D eigenvalue weighted by molar-refractivity contribution is 5.87. The third-order valence-electron chi connectivity index (χ3n) is 22.6. The number of carboxylic acid groups (broad SMARTS) is 1. The fourth-order valence-corrected chi connectivity index (χ4v) is 17.2. The molecule has 14 N–H and O–H groups in total. The number of ether oxygens (including phenoxy) is 9. The van der Waals surface area contributed by atoms with E-state index < -0.39 is 206 Å². The van der Waals surface area contributed by atoms with Crippen LogP contribution >= 0.6 is 0 Å². The van der Waals surface area contributed by atoms with Crippen LogP contribution in [0.5, 0.6) is 5.75 Å². The average molecular weight is 1250 g/mol. The zero-order chi connectivity index (χ0) is 64.1. The Morgan fingerprint density at radius 1 is 0.625 bits per heavy atom. The van der Waals surface area contributed by atoms with E-state index in [1.54, 1.807) is 6.92 Å². The molecular weight excluding hydrogens is 1160 g/mol. The Bertz CT molecular complexity index is 2740. The van der Waals surface area contributed by atoms with Crippen LogP contribution in [-0.2, 0) is 52.3 Å². The van der Waals surface area contributed by atoms with Crippen molar-refractivity contribution in [2.75, 3.05) is 19.8 Å². The highest BCUT2D eigenvalue weighted by Gasteiger charge is 2.73. The number of aliphatic carboxylic acids is 1. The van der Waals surface area contributed by atoms with Crippen molar-refractivity contribution < 1.29 is 129 Å². The topological polar surface area (TPSA) is 418 Å². The molecule has 26 nitrogen and oxygen atoms in total. The maximum Gasteiger partial charge on any atom is 0.331 e. The van der Waals surface area contributed by atoms with Gasteiger partial charge in [-0.15, -0.1) is 0 Å². The molecule has 29 atom stereocenters. The van der Waals surface area contributed by atoms with Crippen molar-refractivity contribution in [3.8, 4) is 5.75 Å². The van der Waals surface area contributed by atoms with Gasteiger partial charge in [-0.3, -0.25) is 9.59 Å². The van der Waals surface area contributed by atoms with Crippen LogP contribution in [0.25, 0.3) is 6.08 Å². The molecule has 8 fully saturated rings. The van der Waals surface area contributed by atoms with E-state index in [1.807, 2.05) is 6.92 Å². The number of carbonyl (C=O) groups is 3. The first-order chi connectivity index (χ1) is 41.3. The summed E-state index contributed by atoms with van der Waals surface area (Å²) in [5.74, 6) is -3.93. The Balaban J connectivity index is 0.915. The van der Waals surface area contributed by atoms with Crippen molar-refractivity contribution in [1.29, 1.82) is 0 Å². The van der Waals surface area contributed by atoms with E-state index in [0.29, 0.717) is 56.9 Å². The van der Waals surface area contributed by atoms with Crippen LogP contribution < -0.4 is 4.74 Å². The number of allylic oxidation sites excluding steroid dienone is 2. The third-order valence-corrected chi connectivity index (χ3v) is 22.6. The predicted octanol–water partition coefficient (Wildman–Crippen LogP) is -0.714. The molecule has 5 aliphatic carbocycles. The van der Waals surface area contributed by atoms with Crippen molar-refractivity contribution in [3.63, 3.8) is 0 Å². The zero-order valence-electron chi connectivity index (χ0n) is 50.5. The highest BCUT2D eigenvalue weighted by Crippen LogP contribution is 2.76. The van der Waals surface area contributed by atoms with Gasteiger partial charge in [0.25, 0.3) is 0 Å². The molecule has 4 aliphatic heterocycles. The molecule has 4 heterocycles. The summed E-state index contributed by atoms with van der Waals surface area (Å²) in [5.41, 5.74) is -3.57. The summed E-state index contributed by atoms with van der Waals surface area (Å²) in [6.45, 7) is 11.8. The lowest BCUT2D eigenvalue weighted by Gasteiger charge is -2.71. The van der Waals surface area contributed by atoms with Gasteiger partial charge in [0, 0.05) is 6.08 Å². The number of aliphatic hydroxyl groups excluding tert-OH is 13. The fourth-order valence-electron chi connectivity index (χ4n) is 17.2. The van der Waals surface area contributed by atoms with E-state index in [0.717, 1.165) is 11.6 Å². The van der Waals surface area contributed by atoms with Crippen LogP contribution in [0.4, 0.5) is 0 Å². The molecule has 4 saturated carbocycles. The molecule has 88 heavy (non-hydrogen) atoms. The van der Waals surface area contributed by atoms with E-state index in [9.17, 15) is 81.1 Å². The van der Waals surface area contributed by atoms with Gasteiger partial charge >= 0.3 is 17.9 Å². The molecule has 10 rings (SSSR count). The van der Waals surface area contributed by atoms with Gasteiger partial charge in [0.2, 0.25) is 12.6 Å². The second-order valence-corrected chi connectivity index (χ2v) is 28.1. The third kappa shape index (κ3) is 11.4. The Hall–Kier alpha value is -3.85. The summed E-state index contributed by atoms with van der Waals surface area (Å²) in [5, 5.41) is 150. The van der Waals surface area contributed by atoms with Gasteiger partial charge in [0.05, 0.1) is 42.9 Å². The standard InChI is InChI=1S/C62H90O26/c1-27-39(68)42(71)45(74)51(81-27)87-50-32(65)23-58(4)36-14-13-30-31-22-57(2,3)18-20-62(31,21-19-59(30,5)60(36,6)17-16-37(58)61(50,7)55(77)78)56(79)88-54-49(48(33(66)26-80-54)86-53-47(76)44(73)41(70)35(25-64)84-53)85-38(67)15-10-28-8-11-29(12-9-28)82-52-46(75)43(72)40(69)34(24-63)83-52/h8-13,15,27,31-37,39-54,63-66,68-76H,14,16-26H2,1-7H3,(H,77,78). The minimum Gasteiger partial charge on any atom is -0.481 e. The number of hydrogen-bond donors (Lipinski definition) is 14. The van der Waals surface area contributed by atoms with Gasteiger partial charge in [-0.05, 0) is 135 Å². The molecule has 9 aliphatic rings. The SMILES string of the molecule is CC1OC(OC2C(O)CC3(C)C(CCC4(C)C3CC=C3C5CC(C)(C)CCC5(C(=O)OC5OCC(O)C(OC6OC(CO)C(O)C(O)C6O)C5OC(=O)C=Cc5ccc(OC6OC(CO)C(O)C(O)C6O)cc5)CCC34C)C2(C)C(=O)O)C(O)C(O)C1O. The number of rotatable bonds is 14. The van der Waals surface area contributed by atoms with Crippen molar-refractivity contribution in [2.45, 2.75) is 235 Å². The predicted molar refractivity (Wildman–Crippen MR) is 300 cm³/mol. The molecule has 1 aromatic carbocycles. The molecule has 494 valence electrons. The van der Waals surface area contributed by atoms with E-state index in [-0.39, 0.29) is 23.5 Å². The minimum absolute atomic E-state index is 0.138. The van der Waals surface area contributed by atoms with Crippen molar-refractivity contribution >= 4 is 24.0 Å². The van der Waals surface area contributed by atoms with E-state index in [1.165, 1.54) is 37.3 Å². The van der Waals surface area contributed by atoms with Crippen LogP contribution in [0.3, 0.4) is 0 Å². The first-order valence-electron chi connectivity index (χ1n) is 30.7. The number of benzene rings is 1. The van der Waals surface area contributed by atoms with Crippen LogP contribution in [0, 0.1) is 50.2 Å². The maximum absolute atomic E-state index is 15.6. The Labute approximate surface area is 509 Å². The van der Waals surface area contributed by atoms with Crippen LogP contribution in [0.2, 0.25) is 0 Å². The van der Waals surface area contributed by atoms with Crippen LogP contribution in [0.1, 0.15) is 112 Å². The number of esters is 2. The lowest BCUT2D eigenvalue weighted by molar-refractivity contribution is -0.347. The highest BCUT2D eigenvalue weighted by atomic mass is 16.8. The molecule has 0 radical (unpaired) electrons. The Morgan fingerprint density at radius 2 is 1.22 bits per heavy atom. The van der Waals surface area contributed by atoms with Gasteiger partial charge in [0.15, 0.2) is 18.7 Å². The smallest absolute Gasteiger partial charge is 0.331 e. The van der Waals surface area contributed by atoms with Gasteiger partial charge in [-0.2, -0.15) is 0 Å². The van der Waals surface area contributed by atoms with E-state index in [4.69, 9.17) is 42.6 Å². The molecule has 0 aromatic heterocycles. The molecule has 0 bridgehead atoms. The average Bonchev–Trinajstić information content (AvgIpc) is 0.824. The number of carboxylic acids is 1. The summed E-state index contributed by atoms with van der Waals surface area (Å²) in [6.07, 6.45) is -24.9. The molecular formula is C62H90O26. The van der Waals surface area contributed by atoms with Gasteiger partial charge in [-0.1, -0.05) is 58.4 Å². The van der Waals surface area contributed by atoms with Crippen molar-refractivity contribution in [2.24, 2.45) is 50.2 Å². The van der Waals surface area contributed by atoms with Crippen LogP contribution in [0.15, 0.2) is 42.0 Å². The van der Waals surface area contributed by atoms with Crippen LogP contribution in [-0.4, -0.2) is 238 Å². The second-order valence-electron chi connectivity index (χ2n) is 28.1. The first kappa shape index (κ1) is 67.1. The van der Waals surface area contributed by atoms with E-state index in [2.05, 4.69) is 33.8 Å². The van der Waals surface area contributed by atoms with Gasteiger partial charge in [0.1, 0.15) is 91.2 Å². The number of hydrogen-bond acceptors (Lipinski definition) is 25. The fraction of sp³-hybridized carbons (Fsp3) is 0.790. The molecule has 0 spiro atoms. The largest absolute Gasteiger partial charge is 0.481 e. The summed E-state index contributed by atoms with van der Waals surface area (Å²) in [7, 11) is 0. The molecule has 29 unspecified atom stereocenters. The second kappa shape index (κ2) is 24.9. The molecule has 26 heteroatoms. The zero-order valence-corrected chi connectivity index (χ0v) is 50.5. The minimum atomic E-state index is -1.95. The molecule has 0 amide bonds. The van der Waals surface area contributed by atoms with Gasteiger partial charge in [-0.25, -0.2) is 4.79 Å². The maximum atomic E-state index is 15.6. The Morgan fingerprint density at radius 3 is 1.84 bits per heavy atom. The molecule has 1 aromatic rings. The Kier molecular flexibility index (Phi) is 19.0. The molecule has 4 saturated heterocycles. The summed E-state index contributed by atoms with van der Waals surface area (Å²) < 4.78 is 53.4. The lowest BCUT2D eigenvalue weighted by atomic mass is 9.33. The summed E-state index contributed by atoms with van der Waals surface area (Å²) in [6, 6.07) is 5.93. The van der Waals surface area contributed by atoms with E-state index >= 15 is 4.79 Å². The monoisotopic (exact) mass is 1250 g/mol. The summed E-state index contributed by atoms with van der Waals surface area (Å²) >= 11 is 0. The number of fused-ring (bicyclic) bond motifs is 7. The van der Waals surface area contributed by atoms with Crippen molar-refractivity contribution in [3.05, 3.63) is 47.6 Å².